The van der Waals surface area contributed by atoms with Crippen molar-refractivity contribution in [3.05, 3.63) is 45.6 Å². The van der Waals surface area contributed by atoms with Crippen LogP contribution in [0.4, 0.5) is 0 Å². The monoisotopic (exact) mass is 584 g/mol. The van der Waals surface area contributed by atoms with Gasteiger partial charge in [-0.15, -0.1) is 16.9 Å². The fourth-order valence-corrected chi connectivity index (χ4v) is 6.13. The number of carboxylic acid groups (broad SMARTS) is 2. The molecule has 2 aromatic rings. The van der Waals surface area contributed by atoms with Crippen molar-refractivity contribution >= 4 is 63.2 Å². The Hall–Kier alpha value is -2.95. The number of nitrogens with one attached hydrogen (secondary N) is 1. The molecule has 4 rings (SSSR count). The van der Waals surface area contributed by atoms with Crippen molar-refractivity contribution in [2.45, 2.75) is 29.2 Å². The molecule has 1 aromatic heterocycles. The summed E-state index contributed by atoms with van der Waals surface area (Å²) in [5, 5.41) is 41.9. The number of amides is 2. The SMILES string of the molecule is O=C(O)Cn1nnnc1SCC1=C(C(=O)O)N2C(=O)C(NC(=O)[C@H](O)c3ccc(Br)cc3)[C@H]2SC1. The van der Waals surface area contributed by atoms with E-state index in [4.69, 9.17) is 5.11 Å². The van der Waals surface area contributed by atoms with Crippen molar-refractivity contribution in [2.75, 3.05) is 11.5 Å². The molecule has 16 heteroatoms. The van der Waals surface area contributed by atoms with Crippen LogP contribution < -0.4 is 5.32 Å². The van der Waals surface area contributed by atoms with Crippen LogP contribution in [0.1, 0.15) is 11.7 Å². The van der Waals surface area contributed by atoms with Gasteiger partial charge in [0.2, 0.25) is 5.16 Å². The minimum Gasteiger partial charge on any atom is -0.480 e. The summed E-state index contributed by atoms with van der Waals surface area (Å²) >= 11 is 5.60. The molecule has 0 aliphatic carbocycles. The number of carbonyl (C=O) groups excluding carboxylic acids is 2. The Morgan fingerprint density at radius 2 is 1.97 bits per heavy atom. The number of thioether (sulfide) groups is 2. The Bertz CT molecular complexity index is 1220. The zero-order valence-electron chi connectivity index (χ0n) is 17.6. The molecule has 0 radical (unpaired) electrons. The second-order valence-electron chi connectivity index (χ2n) is 7.41. The van der Waals surface area contributed by atoms with Crippen LogP contribution in [0.2, 0.25) is 0 Å². The second kappa shape index (κ2) is 10.3. The number of nitrogens with zero attached hydrogens (tertiary/aromatic N) is 5. The van der Waals surface area contributed by atoms with Crippen LogP contribution in [0, 0.1) is 0 Å². The molecule has 2 amide bonds. The lowest BCUT2D eigenvalue weighted by Gasteiger charge is -2.49. The Labute approximate surface area is 214 Å². The van der Waals surface area contributed by atoms with Gasteiger partial charge in [-0.1, -0.05) is 39.8 Å². The van der Waals surface area contributed by atoms with E-state index in [2.05, 4.69) is 36.8 Å². The summed E-state index contributed by atoms with van der Waals surface area (Å²) in [5.74, 6) is -3.43. The first-order valence-electron chi connectivity index (χ1n) is 9.92. The molecule has 3 heterocycles. The summed E-state index contributed by atoms with van der Waals surface area (Å²) in [6.07, 6.45) is -1.49. The number of aromatic nitrogens is 4. The van der Waals surface area contributed by atoms with Gasteiger partial charge in [0.1, 0.15) is 23.7 Å². The lowest BCUT2D eigenvalue weighted by molar-refractivity contribution is -0.151. The Balaban J connectivity index is 1.45. The number of aliphatic carboxylic acids is 2. The van der Waals surface area contributed by atoms with Crippen LogP contribution in [-0.2, 0) is 25.7 Å². The minimum absolute atomic E-state index is 0.116. The summed E-state index contributed by atoms with van der Waals surface area (Å²) in [6, 6.07) is 5.50. The third-order valence-corrected chi connectivity index (χ3v) is 8.05. The molecule has 184 valence electrons. The van der Waals surface area contributed by atoms with Gasteiger partial charge in [-0.05, 0) is 33.7 Å². The molecule has 13 nitrogen and oxygen atoms in total. The number of aliphatic hydroxyl groups excluding tert-OH is 1. The van der Waals surface area contributed by atoms with Crippen LogP contribution in [-0.4, -0.2) is 87.1 Å². The number of carboxylic acids is 2. The van der Waals surface area contributed by atoms with E-state index in [0.717, 1.165) is 25.8 Å². The molecular formula is C19H17BrN6O7S2. The quantitative estimate of drug-likeness (QED) is 0.230. The first-order chi connectivity index (χ1) is 16.7. The number of aliphatic hydroxyl groups is 1. The molecule has 2 aliphatic rings. The van der Waals surface area contributed by atoms with E-state index in [1.165, 1.54) is 11.8 Å². The number of benzene rings is 1. The molecule has 4 N–H and O–H groups in total. The lowest BCUT2D eigenvalue weighted by Crippen LogP contribution is -2.70. The van der Waals surface area contributed by atoms with Gasteiger partial charge in [0, 0.05) is 16.0 Å². The number of carbonyl (C=O) groups is 4. The molecule has 1 aromatic carbocycles. The van der Waals surface area contributed by atoms with Gasteiger partial charge in [-0.2, -0.15) is 0 Å². The second-order valence-corrected chi connectivity index (χ2v) is 10.4. The average Bonchev–Trinajstić information content (AvgIpc) is 3.26. The molecule has 1 fully saturated rings. The van der Waals surface area contributed by atoms with Crippen molar-refractivity contribution in [1.82, 2.24) is 30.4 Å². The first kappa shape index (κ1) is 25.2. The lowest BCUT2D eigenvalue weighted by atomic mass is 10.0. The maximum Gasteiger partial charge on any atom is 0.352 e. The number of hydrogen-bond acceptors (Lipinski definition) is 10. The summed E-state index contributed by atoms with van der Waals surface area (Å²) in [5.41, 5.74) is 0.588. The maximum atomic E-state index is 12.8. The van der Waals surface area contributed by atoms with E-state index < -0.39 is 47.8 Å². The summed E-state index contributed by atoms with van der Waals surface area (Å²) < 4.78 is 1.85. The highest BCUT2D eigenvalue weighted by Gasteiger charge is 2.54. The van der Waals surface area contributed by atoms with E-state index in [-0.39, 0.29) is 22.4 Å². The van der Waals surface area contributed by atoms with Gasteiger partial charge < -0.3 is 20.6 Å². The Kier molecular flexibility index (Phi) is 7.44. The summed E-state index contributed by atoms with van der Waals surface area (Å²) in [6.45, 7) is -0.449. The minimum atomic E-state index is -1.49. The highest BCUT2D eigenvalue weighted by molar-refractivity contribution is 9.10. The molecule has 35 heavy (non-hydrogen) atoms. The normalized spacial score (nSPS) is 20.2. The van der Waals surface area contributed by atoms with E-state index in [9.17, 15) is 29.4 Å². The van der Waals surface area contributed by atoms with Gasteiger partial charge in [-0.3, -0.25) is 19.3 Å². The standard InChI is InChI=1S/C19H17BrN6O7S2/c20-10-3-1-8(2-4-10)14(29)15(30)21-12-16(31)26-13(18(32)33)9(6-34-17(12)26)7-35-19-22-23-24-25(19)5-11(27)28/h1-4,12,14,17,29H,5-7H2,(H,21,30)(H,27,28)(H,32,33)/t12?,14-,17-/m1/s1. The van der Waals surface area contributed by atoms with Crippen molar-refractivity contribution in [3.63, 3.8) is 0 Å². The van der Waals surface area contributed by atoms with Crippen LogP contribution >= 0.6 is 39.5 Å². The van der Waals surface area contributed by atoms with Crippen molar-refractivity contribution in [2.24, 2.45) is 0 Å². The smallest absolute Gasteiger partial charge is 0.352 e. The Morgan fingerprint density at radius 3 is 2.63 bits per heavy atom. The summed E-state index contributed by atoms with van der Waals surface area (Å²) in [4.78, 5) is 49.4. The van der Waals surface area contributed by atoms with E-state index in [1.54, 1.807) is 24.3 Å². The largest absolute Gasteiger partial charge is 0.480 e. The van der Waals surface area contributed by atoms with Crippen molar-refractivity contribution in [1.29, 1.82) is 0 Å². The van der Waals surface area contributed by atoms with Crippen LogP contribution in [0.5, 0.6) is 0 Å². The molecule has 3 atom stereocenters. The maximum absolute atomic E-state index is 12.8. The molecule has 0 spiro atoms. The average molecular weight is 585 g/mol. The zero-order valence-corrected chi connectivity index (χ0v) is 20.8. The number of β-lactam (4-membered cyclic amide) rings is 1. The van der Waals surface area contributed by atoms with Gasteiger partial charge in [0.15, 0.2) is 6.10 Å². The van der Waals surface area contributed by atoms with Gasteiger partial charge in [0.25, 0.3) is 11.8 Å². The molecular weight excluding hydrogens is 568 g/mol. The van der Waals surface area contributed by atoms with E-state index in [1.807, 2.05) is 0 Å². The number of fused-ring (bicyclic) bond motifs is 1. The zero-order chi connectivity index (χ0) is 25.3. The molecule has 2 aliphatic heterocycles. The van der Waals surface area contributed by atoms with Crippen LogP contribution in [0.3, 0.4) is 0 Å². The molecule has 0 bridgehead atoms. The summed E-state index contributed by atoms with van der Waals surface area (Å²) in [7, 11) is 0. The third kappa shape index (κ3) is 5.19. The third-order valence-electron chi connectivity index (χ3n) is 5.14. The predicted octanol–water partition coefficient (Wildman–Crippen LogP) is 0.0845. The fourth-order valence-electron chi connectivity index (χ4n) is 3.50. The number of hydrogen-bond donors (Lipinski definition) is 4. The van der Waals surface area contributed by atoms with Crippen molar-refractivity contribution < 1.29 is 34.5 Å². The van der Waals surface area contributed by atoms with Gasteiger partial charge >= 0.3 is 11.9 Å². The number of tetrazole rings is 1. The topological polar surface area (TPSA) is 188 Å². The highest BCUT2D eigenvalue weighted by Crippen LogP contribution is 2.41. The van der Waals surface area contributed by atoms with Crippen LogP contribution in [0.15, 0.2) is 45.2 Å². The predicted molar refractivity (Wildman–Crippen MR) is 125 cm³/mol. The van der Waals surface area contributed by atoms with E-state index in [0.29, 0.717) is 11.1 Å². The van der Waals surface area contributed by atoms with E-state index >= 15 is 0 Å². The Morgan fingerprint density at radius 1 is 1.26 bits per heavy atom. The fraction of sp³-hybridized carbons (Fsp3) is 0.316. The number of halogens is 1. The molecule has 1 saturated heterocycles. The highest BCUT2D eigenvalue weighted by atomic mass is 79.9. The molecule has 0 saturated carbocycles. The van der Waals surface area contributed by atoms with Crippen molar-refractivity contribution in [3.8, 4) is 0 Å². The first-order valence-corrected chi connectivity index (χ1v) is 12.7. The van der Waals surface area contributed by atoms with Gasteiger partial charge in [0.05, 0.1) is 0 Å². The van der Waals surface area contributed by atoms with Gasteiger partial charge in [-0.25, -0.2) is 9.48 Å². The van der Waals surface area contributed by atoms with Crippen LogP contribution in [0.25, 0.3) is 0 Å². The number of rotatable bonds is 9. The molecule has 1 unspecified atom stereocenters.